The van der Waals surface area contributed by atoms with Crippen molar-refractivity contribution in [2.75, 3.05) is 43.0 Å². The topological polar surface area (TPSA) is 528 Å². The molecule has 8 amide bonds. The van der Waals surface area contributed by atoms with Crippen LogP contribution in [0, 0.1) is 11.8 Å². The van der Waals surface area contributed by atoms with Gasteiger partial charge in [-0.3, -0.25) is 65.9 Å². The number of alkyl carbamates (subject to hydrolysis) is 1. The molecule has 89 heavy (non-hydrogen) atoms. The van der Waals surface area contributed by atoms with Gasteiger partial charge in [0.2, 0.25) is 30.0 Å². The van der Waals surface area contributed by atoms with Gasteiger partial charge in [0.1, 0.15) is 42.7 Å². The molecule has 8 heterocycles. The number of phosphoric ester groups is 2. The van der Waals surface area contributed by atoms with Gasteiger partial charge in [-0.2, -0.15) is 4.98 Å². The van der Waals surface area contributed by atoms with Crippen LogP contribution in [0.25, 0.3) is 22.3 Å². The minimum atomic E-state index is -5.51. The van der Waals surface area contributed by atoms with E-state index in [1.165, 1.54) is 36.4 Å². The van der Waals surface area contributed by atoms with Crippen molar-refractivity contribution < 1.29 is 89.9 Å². The smallest absolute Gasteiger partial charge is 0.445 e. The lowest BCUT2D eigenvalue weighted by molar-refractivity contribution is -0.139. The van der Waals surface area contributed by atoms with Crippen LogP contribution in [0.1, 0.15) is 76.8 Å². The molecule has 480 valence electrons. The fraction of sp³-hybridized carbons (Fsp3) is 0.500. The standard InChI is InChI=1S/C50H65N17O20P2/c1-24(2)33(62-30(68)8-4-3-5-18-65-31(69)13-14-32(65)70)43(73)61-28(7-6-16-54-49(53)75)42(72)60-26-11-9-25(10-12-26)19-81-50(76)55-17-15-27-29-20-82-88(77,78)86-38-36(71)45(66-22-58-34-39(51)56-21-57-40(34)66)84-47(38)87-89(79,80)85-37(27)46(83-29)67-23-59-35-41(67)63-48(52)64-44(35)74/h9-14,21-24,27-29,33,36-38,45-47,71H,3-8,15-20H2,1-2H3,(H,55,76)(H,60,72)(H,61,73)(H,62,68)(H,77,78)(H,79,80)(H2,51,56,57)(H3,53,54,75)(H3,52,63,64,74)/t27?,28?,29-,33?,36?,37?,38?,45-,46-,47-/m1/s1. The lowest BCUT2D eigenvalue weighted by Crippen LogP contribution is -2.54. The quantitative estimate of drug-likeness (QED) is 0.0227. The zero-order chi connectivity index (χ0) is 63.9. The van der Waals surface area contributed by atoms with Crippen molar-refractivity contribution in [3.8, 4) is 0 Å². The number of anilines is 3. The van der Waals surface area contributed by atoms with Crippen LogP contribution < -0.4 is 49.3 Å². The van der Waals surface area contributed by atoms with E-state index in [1.54, 1.807) is 13.8 Å². The third kappa shape index (κ3) is 15.9. The molecule has 15 N–H and O–H groups in total. The highest BCUT2D eigenvalue weighted by Gasteiger charge is 2.56. The molecule has 3 fully saturated rings. The first-order chi connectivity index (χ1) is 42.3. The number of rotatable bonds is 23. The fourth-order valence-corrected chi connectivity index (χ4v) is 12.2. The van der Waals surface area contributed by atoms with Crippen molar-refractivity contribution in [2.24, 2.45) is 17.6 Å². The molecular formula is C50H65N17O20P2. The highest BCUT2D eigenvalue weighted by Crippen LogP contribution is 2.57. The van der Waals surface area contributed by atoms with Crippen molar-refractivity contribution in [2.45, 2.75) is 121 Å². The molecule has 0 spiro atoms. The van der Waals surface area contributed by atoms with Gasteiger partial charge >= 0.3 is 27.8 Å². The second-order valence-corrected chi connectivity index (χ2v) is 23.9. The summed E-state index contributed by atoms with van der Waals surface area (Å²) < 4.78 is 69.9. The van der Waals surface area contributed by atoms with Gasteiger partial charge in [-0.25, -0.2) is 38.7 Å². The predicted molar refractivity (Wildman–Crippen MR) is 304 cm³/mol. The Morgan fingerprint density at radius 1 is 0.809 bits per heavy atom. The molecule has 1 aromatic carbocycles. The van der Waals surface area contributed by atoms with Crippen LogP contribution >= 0.6 is 15.6 Å². The van der Waals surface area contributed by atoms with Crippen LogP contribution in [0.4, 0.5) is 27.0 Å². The average molecular weight is 1290 g/mol. The molecule has 4 aromatic heterocycles. The average Bonchev–Trinajstić information content (AvgIpc) is 1.66. The lowest BCUT2D eigenvalue weighted by atomic mass is 9.94. The number of amides is 8. The number of urea groups is 1. The van der Waals surface area contributed by atoms with Gasteiger partial charge in [-0.05, 0) is 55.7 Å². The number of ether oxygens (including phenoxy) is 3. The number of nitrogens with zero attached hydrogens (tertiary/aromatic N) is 8. The van der Waals surface area contributed by atoms with Gasteiger partial charge in [-0.1, -0.05) is 32.4 Å². The number of carbonyl (C=O) groups excluding carboxylic acids is 7. The maximum absolute atomic E-state index is 14.2. The summed E-state index contributed by atoms with van der Waals surface area (Å²) in [5.74, 6) is -4.44. The fourth-order valence-electron chi connectivity index (χ4n) is 10.2. The number of imide groups is 1. The number of hydrogen-bond donors (Lipinski definition) is 12. The number of hydrogen-bond acceptors (Lipinski definition) is 25. The Bertz CT molecular complexity index is 3640. The summed E-state index contributed by atoms with van der Waals surface area (Å²) in [6.45, 7) is 2.35. The van der Waals surface area contributed by atoms with Crippen LogP contribution in [-0.2, 0) is 72.0 Å². The van der Waals surface area contributed by atoms with Crippen LogP contribution in [0.5, 0.6) is 0 Å². The summed E-state index contributed by atoms with van der Waals surface area (Å²) in [6.07, 6.45) is -5.90. The number of primary amides is 1. The number of unbranched alkanes of at least 4 members (excludes halogenated alkanes) is 2. The number of nitrogen functional groups attached to an aromatic ring is 2. The van der Waals surface area contributed by atoms with Crippen molar-refractivity contribution in [3.05, 3.63) is 71.3 Å². The summed E-state index contributed by atoms with van der Waals surface area (Å²) in [7, 11) is -10.8. The number of H-pyrrole nitrogens is 1. The Balaban J connectivity index is 0.823. The van der Waals surface area contributed by atoms with Gasteiger partial charge < -0.3 is 72.9 Å². The minimum absolute atomic E-state index is 0.0284. The number of aromatic nitrogens is 8. The Labute approximate surface area is 503 Å². The van der Waals surface area contributed by atoms with Crippen LogP contribution in [0.15, 0.2) is 60.2 Å². The summed E-state index contributed by atoms with van der Waals surface area (Å²) in [6, 6.07) is 3.10. The summed E-state index contributed by atoms with van der Waals surface area (Å²) in [5.41, 5.74) is 16.7. The maximum Gasteiger partial charge on any atom is 0.475 e. The monoisotopic (exact) mass is 1290 g/mol. The van der Waals surface area contributed by atoms with Crippen molar-refractivity contribution in [1.29, 1.82) is 0 Å². The van der Waals surface area contributed by atoms with Crippen LogP contribution in [0.3, 0.4) is 0 Å². The van der Waals surface area contributed by atoms with E-state index in [0.717, 1.165) is 33.0 Å². The van der Waals surface area contributed by atoms with Gasteiger partial charge in [0.15, 0.2) is 41.2 Å². The van der Waals surface area contributed by atoms with Gasteiger partial charge in [0.25, 0.3) is 17.4 Å². The van der Waals surface area contributed by atoms with E-state index >= 15 is 0 Å². The first-order valence-electron chi connectivity index (χ1n) is 27.8. The molecule has 12 atom stereocenters. The summed E-state index contributed by atoms with van der Waals surface area (Å²) in [4.78, 5) is 148. The number of aliphatic hydroxyl groups excluding tert-OH is 1. The predicted octanol–water partition coefficient (Wildman–Crippen LogP) is -0.314. The first kappa shape index (κ1) is 65.1. The number of nitrogens with one attached hydrogen (secondary N) is 6. The molecular weight excluding hydrogens is 1220 g/mol. The highest BCUT2D eigenvalue weighted by atomic mass is 31.2. The van der Waals surface area contributed by atoms with E-state index in [0.29, 0.717) is 24.8 Å². The number of fused-ring (bicyclic) bond motifs is 5. The Hall–Kier alpha value is -8.35. The molecule has 9 rings (SSSR count). The van der Waals surface area contributed by atoms with E-state index in [9.17, 15) is 62.4 Å². The number of benzene rings is 1. The highest BCUT2D eigenvalue weighted by molar-refractivity contribution is 7.47. The number of aliphatic hydroxyl groups is 1. The zero-order valence-corrected chi connectivity index (χ0v) is 49.3. The number of nitrogens with two attached hydrogens (primary N) is 3. The van der Waals surface area contributed by atoms with Crippen LogP contribution in [0.2, 0.25) is 0 Å². The molecule has 0 saturated carbocycles. The largest absolute Gasteiger partial charge is 0.475 e. The first-order valence-corrected chi connectivity index (χ1v) is 30.8. The molecule has 3 saturated heterocycles. The van der Waals surface area contributed by atoms with Crippen LogP contribution in [-0.4, -0.2) is 170 Å². The third-order valence-corrected chi connectivity index (χ3v) is 16.6. The number of carbonyl (C=O) groups is 7. The zero-order valence-electron chi connectivity index (χ0n) is 47.5. The van der Waals surface area contributed by atoms with Gasteiger partial charge in [-0.15, -0.1) is 0 Å². The number of aromatic amines is 1. The van der Waals surface area contributed by atoms with E-state index in [-0.39, 0.29) is 91.7 Å². The third-order valence-electron chi connectivity index (χ3n) is 14.6. The van der Waals surface area contributed by atoms with E-state index in [1.807, 2.05) is 0 Å². The molecule has 8 unspecified atom stereocenters. The van der Waals surface area contributed by atoms with Gasteiger partial charge in [0, 0.05) is 49.8 Å². The summed E-state index contributed by atoms with van der Waals surface area (Å²) in [5, 5.41) is 24.6. The molecule has 2 bridgehead atoms. The maximum atomic E-state index is 14.2. The lowest BCUT2D eigenvalue weighted by Gasteiger charge is -2.29. The number of imidazole rings is 2. The second-order valence-electron chi connectivity index (χ2n) is 21.2. The SMILES string of the molecule is CC(C)C(NC(=O)CCCCCN1C(=O)C=CC1=O)C(=O)NC(CCCNC(N)=O)C(=O)Nc1ccc(COC(=O)NCCC2C3OP(=O)(O)O[C@H]4O[C@@H](n5cnc6c(N)ncnc65)C(O)C4OP(=O)(O)OC[C@H]2O[C@H]3n2cnc3c(=O)[nH]c(N)nc32)cc1. The second kappa shape index (κ2) is 28.0. The molecule has 4 aliphatic rings. The van der Waals surface area contributed by atoms with Gasteiger partial charge in [0.05, 0.1) is 25.4 Å². The van der Waals surface area contributed by atoms with E-state index < -0.39 is 137 Å². The molecule has 4 aliphatic heterocycles. The summed E-state index contributed by atoms with van der Waals surface area (Å²) >= 11 is 0. The van der Waals surface area contributed by atoms with Crippen molar-refractivity contribution >= 4 is 97.1 Å². The Morgan fingerprint density at radius 2 is 1.52 bits per heavy atom. The molecule has 37 nitrogen and oxygen atoms in total. The van der Waals surface area contributed by atoms with E-state index in [4.69, 9.17) is 49.5 Å². The normalized spacial score (nSPS) is 25.9. The Morgan fingerprint density at radius 3 is 2.24 bits per heavy atom. The van der Waals surface area contributed by atoms with Crippen molar-refractivity contribution in [3.63, 3.8) is 0 Å². The Kier molecular flexibility index (Phi) is 20.5. The molecule has 0 aliphatic carbocycles. The van der Waals surface area contributed by atoms with E-state index in [2.05, 4.69) is 56.5 Å². The minimum Gasteiger partial charge on any atom is -0.445 e. The number of phosphoric acid groups is 2. The molecule has 0 radical (unpaired) electrons. The van der Waals surface area contributed by atoms with Crippen molar-refractivity contribution in [1.82, 2.24) is 65.2 Å². The molecule has 39 heteroatoms. The molecule has 5 aromatic rings.